The quantitative estimate of drug-likeness (QED) is 0.683. The second-order valence-corrected chi connectivity index (χ2v) is 6.77. The molecule has 30 heavy (non-hydrogen) atoms. The number of fused-ring (bicyclic) bond motifs is 1. The van der Waals surface area contributed by atoms with Gasteiger partial charge in [-0.15, -0.1) is 0 Å². The van der Waals surface area contributed by atoms with E-state index in [9.17, 15) is 9.59 Å². The number of rotatable bonds is 6. The van der Waals surface area contributed by atoms with E-state index in [0.717, 1.165) is 17.7 Å². The van der Waals surface area contributed by atoms with E-state index in [-0.39, 0.29) is 18.4 Å². The number of para-hydroxylation sites is 2. The summed E-state index contributed by atoms with van der Waals surface area (Å²) in [7, 11) is 1.55. The number of nitrogens with zero attached hydrogens (tertiary/aromatic N) is 2. The van der Waals surface area contributed by atoms with Gasteiger partial charge in [0.1, 0.15) is 0 Å². The molecule has 0 spiro atoms. The average Bonchev–Trinajstić information content (AvgIpc) is 3.21. The maximum Gasteiger partial charge on any atom is 0.262 e. The highest BCUT2D eigenvalue weighted by Crippen LogP contribution is 2.32. The number of carbonyl (C=O) groups excluding carboxylic acids is 2. The molecule has 4 rings (SSSR count). The number of methoxy groups -OCH3 is 1. The zero-order valence-corrected chi connectivity index (χ0v) is 16.5. The predicted molar refractivity (Wildman–Crippen MR) is 113 cm³/mol. The van der Waals surface area contributed by atoms with Gasteiger partial charge in [0, 0.05) is 35.9 Å². The Hall–Kier alpha value is -3.87. The van der Waals surface area contributed by atoms with Gasteiger partial charge in [-0.3, -0.25) is 14.6 Å². The van der Waals surface area contributed by atoms with Gasteiger partial charge in [0.05, 0.1) is 7.11 Å². The first-order valence-corrected chi connectivity index (χ1v) is 9.56. The molecule has 2 heterocycles. The molecule has 0 unspecified atom stereocenters. The van der Waals surface area contributed by atoms with Gasteiger partial charge in [-0.1, -0.05) is 18.2 Å². The second kappa shape index (κ2) is 8.65. The van der Waals surface area contributed by atoms with E-state index in [1.54, 1.807) is 48.7 Å². The molecular formula is C23H21N3O4. The molecule has 152 valence electrons. The Morgan fingerprint density at radius 3 is 2.60 bits per heavy atom. The number of benzene rings is 2. The van der Waals surface area contributed by atoms with Gasteiger partial charge in [-0.2, -0.15) is 0 Å². The van der Waals surface area contributed by atoms with Crippen LogP contribution in [0.4, 0.5) is 11.4 Å². The molecular weight excluding hydrogens is 382 g/mol. The van der Waals surface area contributed by atoms with Crippen LogP contribution in [0, 0.1) is 0 Å². The van der Waals surface area contributed by atoms with Crippen LogP contribution < -0.4 is 19.7 Å². The number of pyridine rings is 1. The van der Waals surface area contributed by atoms with Gasteiger partial charge in [-0.25, -0.2) is 0 Å². The van der Waals surface area contributed by atoms with Crippen molar-refractivity contribution in [2.75, 3.05) is 30.5 Å². The third kappa shape index (κ3) is 4.10. The van der Waals surface area contributed by atoms with Crippen LogP contribution in [0.1, 0.15) is 15.9 Å². The molecule has 0 saturated carbocycles. The van der Waals surface area contributed by atoms with Crippen LogP contribution >= 0.6 is 0 Å². The van der Waals surface area contributed by atoms with E-state index in [2.05, 4.69) is 10.3 Å². The van der Waals surface area contributed by atoms with Crippen molar-refractivity contribution in [3.8, 4) is 11.5 Å². The van der Waals surface area contributed by atoms with Crippen LogP contribution in [0.2, 0.25) is 0 Å². The molecule has 1 N–H and O–H groups in total. The Bertz CT molecular complexity index is 1070. The van der Waals surface area contributed by atoms with Gasteiger partial charge in [0.25, 0.3) is 11.8 Å². The van der Waals surface area contributed by atoms with E-state index in [1.165, 1.54) is 0 Å². The molecule has 0 fully saturated rings. The van der Waals surface area contributed by atoms with Crippen molar-refractivity contribution in [3.05, 3.63) is 78.1 Å². The lowest BCUT2D eigenvalue weighted by Gasteiger charge is -2.18. The first-order valence-electron chi connectivity index (χ1n) is 9.56. The summed E-state index contributed by atoms with van der Waals surface area (Å²) in [6.07, 6.45) is 3.97. The topological polar surface area (TPSA) is 80.8 Å². The lowest BCUT2D eigenvalue weighted by molar-refractivity contribution is -0.118. The number of amides is 2. The fraction of sp³-hybridized carbons (Fsp3) is 0.174. The molecule has 3 aromatic rings. The highest BCUT2D eigenvalue weighted by atomic mass is 16.5. The van der Waals surface area contributed by atoms with Crippen LogP contribution in [0.15, 0.2) is 67.0 Å². The standard InChI is InChI=1S/C23H21N3O4/c1-29-20-4-2-3-5-21(20)30-15-22(27)25-18-7-6-16-10-13-26(19(16)14-18)23(28)17-8-11-24-12-9-17/h2-9,11-12,14H,10,13,15H2,1H3,(H,25,27). The van der Waals surface area contributed by atoms with Crippen molar-refractivity contribution in [2.45, 2.75) is 6.42 Å². The van der Waals surface area contributed by atoms with E-state index >= 15 is 0 Å². The van der Waals surface area contributed by atoms with Crippen LogP contribution in [0.25, 0.3) is 0 Å². The van der Waals surface area contributed by atoms with E-state index < -0.39 is 0 Å². The molecule has 7 heteroatoms. The molecule has 2 aromatic carbocycles. The van der Waals surface area contributed by atoms with Crippen molar-refractivity contribution < 1.29 is 19.1 Å². The maximum absolute atomic E-state index is 12.8. The lowest BCUT2D eigenvalue weighted by atomic mass is 10.1. The van der Waals surface area contributed by atoms with Gasteiger partial charge in [0.15, 0.2) is 18.1 Å². The SMILES string of the molecule is COc1ccccc1OCC(=O)Nc1ccc2c(c1)N(C(=O)c1ccncc1)CC2. The van der Waals surface area contributed by atoms with E-state index in [4.69, 9.17) is 9.47 Å². The molecule has 0 bridgehead atoms. The average molecular weight is 403 g/mol. The highest BCUT2D eigenvalue weighted by molar-refractivity contribution is 6.07. The minimum absolute atomic E-state index is 0.0841. The molecule has 0 saturated heterocycles. The van der Waals surface area contributed by atoms with Crippen LogP contribution in [0.5, 0.6) is 11.5 Å². The summed E-state index contributed by atoms with van der Waals surface area (Å²) in [4.78, 5) is 30.9. The Labute approximate surface area is 174 Å². The number of anilines is 2. The van der Waals surface area contributed by atoms with E-state index in [1.807, 2.05) is 30.3 Å². The largest absolute Gasteiger partial charge is 0.493 e. The minimum atomic E-state index is -0.300. The monoisotopic (exact) mass is 403 g/mol. The highest BCUT2D eigenvalue weighted by Gasteiger charge is 2.26. The van der Waals surface area contributed by atoms with Crippen molar-refractivity contribution in [1.82, 2.24) is 4.98 Å². The summed E-state index contributed by atoms with van der Waals surface area (Å²) >= 11 is 0. The third-order valence-electron chi connectivity index (χ3n) is 4.86. The molecule has 0 atom stereocenters. The van der Waals surface area contributed by atoms with Gasteiger partial charge < -0.3 is 19.7 Å². The second-order valence-electron chi connectivity index (χ2n) is 6.77. The Morgan fingerprint density at radius 1 is 1.07 bits per heavy atom. The van der Waals surface area contributed by atoms with Crippen molar-refractivity contribution in [1.29, 1.82) is 0 Å². The summed E-state index contributed by atoms with van der Waals surface area (Å²) < 4.78 is 10.8. The first kappa shape index (κ1) is 19.4. The number of nitrogens with one attached hydrogen (secondary N) is 1. The number of aromatic nitrogens is 1. The zero-order chi connectivity index (χ0) is 20.9. The van der Waals surface area contributed by atoms with Crippen LogP contribution in [0.3, 0.4) is 0 Å². The number of hydrogen-bond acceptors (Lipinski definition) is 5. The van der Waals surface area contributed by atoms with E-state index in [0.29, 0.717) is 29.3 Å². The summed E-state index contributed by atoms with van der Waals surface area (Å²) in [6, 6.07) is 16.1. The summed E-state index contributed by atoms with van der Waals surface area (Å²) in [5.41, 5.74) is 3.07. The molecule has 0 radical (unpaired) electrons. The predicted octanol–water partition coefficient (Wildman–Crippen LogP) is 3.31. The molecule has 1 aliphatic heterocycles. The zero-order valence-electron chi connectivity index (χ0n) is 16.5. The normalized spacial score (nSPS) is 12.2. The summed E-state index contributed by atoms with van der Waals surface area (Å²) in [5.74, 6) is 0.677. The number of carbonyl (C=O) groups is 2. The molecule has 1 aliphatic rings. The lowest BCUT2D eigenvalue weighted by Crippen LogP contribution is -2.29. The smallest absolute Gasteiger partial charge is 0.262 e. The number of ether oxygens (including phenoxy) is 2. The molecule has 7 nitrogen and oxygen atoms in total. The Balaban J connectivity index is 1.44. The van der Waals surface area contributed by atoms with Crippen molar-refractivity contribution in [2.24, 2.45) is 0 Å². The maximum atomic E-state index is 12.8. The van der Waals surface area contributed by atoms with Gasteiger partial charge in [0.2, 0.25) is 0 Å². The van der Waals surface area contributed by atoms with Gasteiger partial charge in [-0.05, 0) is 48.4 Å². The minimum Gasteiger partial charge on any atom is -0.493 e. The van der Waals surface area contributed by atoms with Crippen molar-refractivity contribution >= 4 is 23.2 Å². The molecule has 0 aliphatic carbocycles. The van der Waals surface area contributed by atoms with Gasteiger partial charge >= 0.3 is 0 Å². The summed E-state index contributed by atoms with van der Waals surface area (Å²) in [5, 5.41) is 2.83. The Kier molecular flexibility index (Phi) is 5.61. The van der Waals surface area contributed by atoms with Crippen LogP contribution in [-0.2, 0) is 11.2 Å². The first-order chi connectivity index (χ1) is 14.7. The third-order valence-corrected chi connectivity index (χ3v) is 4.86. The number of hydrogen-bond donors (Lipinski definition) is 1. The Morgan fingerprint density at radius 2 is 1.83 bits per heavy atom. The van der Waals surface area contributed by atoms with Crippen LogP contribution in [-0.4, -0.2) is 37.1 Å². The fourth-order valence-corrected chi connectivity index (χ4v) is 3.40. The van der Waals surface area contributed by atoms with Crippen molar-refractivity contribution in [3.63, 3.8) is 0 Å². The summed E-state index contributed by atoms with van der Waals surface area (Å²) in [6.45, 7) is 0.446. The molecule has 1 aromatic heterocycles. The fourth-order valence-electron chi connectivity index (χ4n) is 3.40. The molecule has 2 amide bonds.